The van der Waals surface area contributed by atoms with E-state index in [4.69, 9.17) is 0 Å². The maximum Gasteiger partial charge on any atom is 0.416 e. The highest BCUT2D eigenvalue weighted by atomic mass is 32.2. The Morgan fingerprint density at radius 1 is 1.03 bits per heavy atom. The molecule has 6 nitrogen and oxygen atoms in total. The van der Waals surface area contributed by atoms with E-state index in [-0.39, 0.29) is 37.4 Å². The SMILES string of the molecule is O=c1c2cc(F)ccc2ncn1C1CCN(S(=O)(=O)c2cccc(C(F)(F)F)c2)CC1. The summed E-state index contributed by atoms with van der Waals surface area (Å²) in [5, 5.41) is 0.126. The number of hydrogen-bond donors (Lipinski definition) is 0. The fourth-order valence-corrected chi connectivity index (χ4v) is 5.23. The number of alkyl halides is 3. The van der Waals surface area contributed by atoms with Crippen molar-refractivity contribution in [1.29, 1.82) is 0 Å². The first-order valence-corrected chi connectivity index (χ1v) is 10.9. The van der Waals surface area contributed by atoms with E-state index < -0.39 is 38.0 Å². The molecule has 1 aromatic heterocycles. The minimum atomic E-state index is -4.65. The number of rotatable bonds is 3. The maximum absolute atomic E-state index is 13.5. The van der Waals surface area contributed by atoms with E-state index in [9.17, 15) is 30.8 Å². The molecule has 0 bridgehead atoms. The topological polar surface area (TPSA) is 72.3 Å². The van der Waals surface area contributed by atoms with Gasteiger partial charge in [-0.1, -0.05) is 6.07 Å². The lowest BCUT2D eigenvalue weighted by atomic mass is 10.1. The molecule has 11 heteroatoms. The normalized spacial score (nSPS) is 16.6. The van der Waals surface area contributed by atoms with Gasteiger partial charge in [-0.15, -0.1) is 0 Å². The van der Waals surface area contributed by atoms with Crippen LogP contribution in [0.15, 0.2) is 58.5 Å². The molecule has 1 aliphatic rings. The van der Waals surface area contributed by atoms with Crippen LogP contribution >= 0.6 is 0 Å². The molecule has 2 aromatic carbocycles. The van der Waals surface area contributed by atoms with Crippen LogP contribution in [0.1, 0.15) is 24.4 Å². The Morgan fingerprint density at radius 3 is 2.42 bits per heavy atom. The summed E-state index contributed by atoms with van der Waals surface area (Å²) < 4.78 is 80.5. The van der Waals surface area contributed by atoms with Gasteiger partial charge in [0.2, 0.25) is 10.0 Å². The van der Waals surface area contributed by atoms with Crippen LogP contribution < -0.4 is 5.56 Å². The highest BCUT2D eigenvalue weighted by Crippen LogP contribution is 2.32. The number of fused-ring (bicyclic) bond motifs is 1. The van der Waals surface area contributed by atoms with Gasteiger partial charge < -0.3 is 0 Å². The Hall–Kier alpha value is -2.79. The summed E-state index contributed by atoms with van der Waals surface area (Å²) in [6.07, 6.45) is -2.77. The molecule has 0 aliphatic carbocycles. The number of aromatic nitrogens is 2. The highest BCUT2D eigenvalue weighted by molar-refractivity contribution is 7.89. The van der Waals surface area contributed by atoms with Crippen LogP contribution in [0.2, 0.25) is 0 Å². The van der Waals surface area contributed by atoms with E-state index >= 15 is 0 Å². The van der Waals surface area contributed by atoms with Crippen LogP contribution in [0.3, 0.4) is 0 Å². The molecule has 4 rings (SSSR count). The lowest BCUT2D eigenvalue weighted by Gasteiger charge is -2.32. The van der Waals surface area contributed by atoms with Gasteiger partial charge in [0.05, 0.1) is 27.7 Å². The molecular formula is C20H17F4N3O3S. The quantitative estimate of drug-likeness (QED) is 0.566. The predicted molar refractivity (Wildman–Crippen MR) is 104 cm³/mol. The van der Waals surface area contributed by atoms with E-state index in [0.29, 0.717) is 11.6 Å². The summed E-state index contributed by atoms with van der Waals surface area (Å²) in [7, 11) is -4.12. The number of benzene rings is 2. The standard InChI is InChI=1S/C20H17F4N3O3S/c21-14-4-5-18-17(11-14)19(28)27(12-25-18)15-6-8-26(9-7-15)31(29,30)16-3-1-2-13(10-16)20(22,23)24/h1-5,10-12,15H,6-9H2. The average molecular weight is 455 g/mol. The first kappa shape index (κ1) is 21.4. The highest BCUT2D eigenvalue weighted by Gasteiger charge is 2.34. The molecule has 2 heterocycles. The zero-order chi connectivity index (χ0) is 22.4. The van der Waals surface area contributed by atoms with E-state index in [1.807, 2.05) is 0 Å². The monoisotopic (exact) mass is 455 g/mol. The zero-order valence-electron chi connectivity index (χ0n) is 16.0. The molecule has 0 unspecified atom stereocenters. The Kier molecular flexibility index (Phi) is 5.34. The smallest absolute Gasteiger partial charge is 0.296 e. The molecule has 0 amide bonds. The summed E-state index contributed by atoms with van der Waals surface area (Å²) in [6.45, 7) is 0.0494. The molecule has 0 saturated carbocycles. The lowest BCUT2D eigenvalue weighted by Crippen LogP contribution is -2.40. The molecule has 0 radical (unpaired) electrons. The molecule has 0 spiro atoms. The van der Waals surface area contributed by atoms with Crippen molar-refractivity contribution >= 4 is 20.9 Å². The molecule has 164 valence electrons. The second-order valence-electron chi connectivity index (χ2n) is 7.28. The van der Waals surface area contributed by atoms with Crippen molar-refractivity contribution in [1.82, 2.24) is 13.9 Å². The third-order valence-corrected chi connectivity index (χ3v) is 7.26. The Balaban J connectivity index is 1.56. The van der Waals surface area contributed by atoms with E-state index in [1.54, 1.807) is 0 Å². The van der Waals surface area contributed by atoms with Gasteiger partial charge in [0.15, 0.2) is 0 Å². The van der Waals surface area contributed by atoms with Crippen molar-refractivity contribution in [3.63, 3.8) is 0 Å². The second kappa shape index (κ2) is 7.72. The third-order valence-electron chi connectivity index (χ3n) is 5.36. The average Bonchev–Trinajstić information content (AvgIpc) is 2.74. The van der Waals surface area contributed by atoms with Gasteiger partial charge in [-0.25, -0.2) is 17.8 Å². The van der Waals surface area contributed by atoms with Crippen molar-refractivity contribution < 1.29 is 26.0 Å². The second-order valence-corrected chi connectivity index (χ2v) is 9.22. The van der Waals surface area contributed by atoms with Gasteiger partial charge >= 0.3 is 6.18 Å². The molecule has 31 heavy (non-hydrogen) atoms. The van der Waals surface area contributed by atoms with Crippen LogP contribution in [0.5, 0.6) is 0 Å². The zero-order valence-corrected chi connectivity index (χ0v) is 16.8. The van der Waals surface area contributed by atoms with Crippen LogP contribution in [-0.2, 0) is 16.2 Å². The van der Waals surface area contributed by atoms with Gasteiger partial charge in [0, 0.05) is 19.1 Å². The van der Waals surface area contributed by atoms with Crippen molar-refractivity contribution in [3.05, 3.63) is 70.5 Å². The first-order chi connectivity index (χ1) is 14.6. The minimum Gasteiger partial charge on any atom is -0.296 e. The Bertz CT molecular complexity index is 1300. The summed E-state index contributed by atoms with van der Waals surface area (Å²) in [4.78, 5) is 16.5. The van der Waals surface area contributed by atoms with Crippen molar-refractivity contribution in [2.75, 3.05) is 13.1 Å². The lowest BCUT2D eigenvalue weighted by molar-refractivity contribution is -0.137. The summed E-state index contributed by atoms with van der Waals surface area (Å²) >= 11 is 0. The third kappa shape index (κ3) is 4.07. The van der Waals surface area contributed by atoms with Crippen LogP contribution in [-0.4, -0.2) is 35.4 Å². The molecule has 3 aromatic rings. The van der Waals surface area contributed by atoms with Gasteiger partial charge in [-0.05, 0) is 49.2 Å². The summed E-state index contributed by atoms with van der Waals surface area (Å²) in [5.74, 6) is -0.564. The van der Waals surface area contributed by atoms with Crippen LogP contribution in [0.4, 0.5) is 17.6 Å². The fourth-order valence-electron chi connectivity index (χ4n) is 3.71. The molecular weight excluding hydrogens is 438 g/mol. The summed E-state index contributed by atoms with van der Waals surface area (Å²) in [5.41, 5.74) is -1.11. The first-order valence-electron chi connectivity index (χ1n) is 9.41. The number of piperidine rings is 1. The van der Waals surface area contributed by atoms with Gasteiger partial charge in [0.25, 0.3) is 5.56 Å². The van der Waals surface area contributed by atoms with Crippen molar-refractivity contribution in [2.45, 2.75) is 30.0 Å². The predicted octanol–water partition coefficient (Wildman–Crippen LogP) is 3.58. The van der Waals surface area contributed by atoms with Gasteiger partial charge in [-0.3, -0.25) is 9.36 Å². The number of sulfonamides is 1. The van der Waals surface area contributed by atoms with E-state index in [0.717, 1.165) is 28.6 Å². The maximum atomic E-state index is 13.5. The molecule has 0 atom stereocenters. The van der Waals surface area contributed by atoms with Gasteiger partial charge in [0.1, 0.15) is 5.82 Å². The van der Waals surface area contributed by atoms with Gasteiger partial charge in [-0.2, -0.15) is 17.5 Å². The number of halogens is 4. The van der Waals surface area contributed by atoms with Crippen molar-refractivity contribution in [3.8, 4) is 0 Å². The van der Waals surface area contributed by atoms with E-state index in [2.05, 4.69) is 4.98 Å². The van der Waals surface area contributed by atoms with Crippen molar-refractivity contribution in [2.24, 2.45) is 0 Å². The van der Waals surface area contributed by atoms with E-state index in [1.165, 1.54) is 23.0 Å². The van der Waals surface area contributed by atoms with Crippen LogP contribution in [0, 0.1) is 5.82 Å². The number of hydrogen-bond acceptors (Lipinski definition) is 4. The summed E-state index contributed by atoms with van der Waals surface area (Å²) in [6, 6.07) is 6.97. The molecule has 1 saturated heterocycles. The molecule has 1 fully saturated rings. The fraction of sp³-hybridized carbons (Fsp3) is 0.300. The Morgan fingerprint density at radius 2 is 1.74 bits per heavy atom. The number of nitrogens with zero attached hydrogens (tertiary/aromatic N) is 3. The van der Waals surface area contributed by atoms with Crippen LogP contribution in [0.25, 0.3) is 10.9 Å². The molecule has 0 N–H and O–H groups in total. The Labute approximate surface area is 174 Å². The molecule has 1 aliphatic heterocycles. The minimum absolute atomic E-state index is 0.0247. The largest absolute Gasteiger partial charge is 0.416 e.